The van der Waals surface area contributed by atoms with Gasteiger partial charge in [0.15, 0.2) is 0 Å². The first kappa shape index (κ1) is 23.9. The van der Waals surface area contributed by atoms with E-state index in [4.69, 9.17) is 0 Å². The van der Waals surface area contributed by atoms with Gasteiger partial charge in [0.25, 0.3) is 0 Å². The third-order valence-corrected chi connectivity index (χ3v) is 5.53. The van der Waals surface area contributed by atoms with Gasteiger partial charge in [-0.15, -0.1) is 0 Å². The van der Waals surface area contributed by atoms with Gasteiger partial charge in [-0.2, -0.15) is 0 Å². The molecule has 0 aliphatic rings. The molecule has 0 spiro atoms. The zero-order valence-corrected chi connectivity index (χ0v) is 18.3. The van der Waals surface area contributed by atoms with Crippen molar-refractivity contribution in [2.75, 3.05) is 24.2 Å². The number of hydrogen-bond acceptors (Lipinski definition) is 2. The lowest BCUT2D eigenvalue weighted by molar-refractivity contribution is 0.530. The predicted molar refractivity (Wildman–Crippen MR) is 124 cm³/mol. The molecule has 0 aromatic heterocycles. The molecular weight excluding hydrogens is 328 g/mol. The maximum absolute atomic E-state index is 3.52. The molecule has 1 rings (SSSR count). The van der Waals surface area contributed by atoms with Crippen LogP contribution in [0.4, 0.5) is 11.4 Å². The summed E-state index contributed by atoms with van der Waals surface area (Å²) in [5.74, 6) is 0. The van der Waals surface area contributed by atoms with Crippen LogP contribution in [0.1, 0.15) is 110 Å². The summed E-state index contributed by atoms with van der Waals surface area (Å²) >= 11 is 0. The molecule has 0 amide bonds. The molecule has 0 unspecified atom stereocenters. The quantitative estimate of drug-likeness (QED) is 0.237. The number of hydrogen-bond donors (Lipinski definition) is 2. The fourth-order valence-electron chi connectivity index (χ4n) is 3.66. The molecule has 27 heavy (non-hydrogen) atoms. The summed E-state index contributed by atoms with van der Waals surface area (Å²) < 4.78 is 0. The monoisotopic (exact) mass is 374 g/mol. The fourth-order valence-corrected chi connectivity index (χ4v) is 3.66. The van der Waals surface area contributed by atoms with E-state index in [2.05, 4.69) is 41.8 Å². The Kier molecular flexibility index (Phi) is 16.1. The summed E-state index contributed by atoms with van der Waals surface area (Å²) in [6.45, 7) is 3.39. The van der Waals surface area contributed by atoms with Crippen LogP contribution >= 0.6 is 0 Å². The van der Waals surface area contributed by atoms with Gasteiger partial charge in [0, 0.05) is 25.0 Å². The Morgan fingerprint density at radius 2 is 0.889 bits per heavy atom. The Labute approximate surface area is 169 Å². The molecule has 0 bridgehead atoms. The van der Waals surface area contributed by atoms with Crippen molar-refractivity contribution in [3.05, 3.63) is 24.3 Å². The Balaban J connectivity index is 1.75. The highest BCUT2D eigenvalue weighted by atomic mass is 14.9. The van der Waals surface area contributed by atoms with E-state index in [1.165, 1.54) is 114 Å². The maximum Gasteiger partial charge on any atom is 0.0341 e. The molecule has 2 nitrogen and oxygen atoms in total. The minimum absolute atomic E-state index is 1.09. The Bertz CT molecular complexity index is 413. The normalized spacial score (nSPS) is 10.9. The van der Waals surface area contributed by atoms with Crippen LogP contribution in [0.5, 0.6) is 0 Å². The smallest absolute Gasteiger partial charge is 0.0341 e. The topological polar surface area (TPSA) is 24.1 Å². The van der Waals surface area contributed by atoms with E-state index in [0.717, 1.165) is 6.54 Å². The van der Waals surface area contributed by atoms with E-state index in [-0.39, 0.29) is 0 Å². The van der Waals surface area contributed by atoms with Gasteiger partial charge >= 0.3 is 0 Å². The molecule has 156 valence electrons. The zero-order chi connectivity index (χ0) is 19.4. The third kappa shape index (κ3) is 14.5. The van der Waals surface area contributed by atoms with Crippen molar-refractivity contribution < 1.29 is 0 Å². The van der Waals surface area contributed by atoms with E-state index in [1.54, 1.807) is 0 Å². The zero-order valence-electron chi connectivity index (χ0n) is 18.3. The van der Waals surface area contributed by atoms with Crippen molar-refractivity contribution in [2.45, 2.75) is 110 Å². The van der Waals surface area contributed by atoms with Crippen LogP contribution in [0.3, 0.4) is 0 Å². The SMILES string of the molecule is CCCCCCCCCCCCCCCCCCNc1ccc(NC)cc1. The van der Waals surface area contributed by atoms with Crippen LogP contribution in [0.25, 0.3) is 0 Å². The summed E-state index contributed by atoms with van der Waals surface area (Å²) in [6.07, 6.45) is 22.9. The minimum Gasteiger partial charge on any atom is -0.388 e. The second-order valence-electron chi connectivity index (χ2n) is 8.06. The molecule has 2 heteroatoms. The van der Waals surface area contributed by atoms with E-state index in [9.17, 15) is 0 Å². The lowest BCUT2D eigenvalue weighted by Gasteiger charge is -2.07. The van der Waals surface area contributed by atoms with Crippen LogP contribution in [0.15, 0.2) is 24.3 Å². The van der Waals surface area contributed by atoms with Gasteiger partial charge in [-0.3, -0.25) is 0 Å². The van der Waals surface area contributed by atoms with E-state index >= 15 is 0 Å². The Morgan fingerprint density at radius 1 is 0.519 bits per heavy atom. The highest BCUT2D eigenvalue weighted by Crippen LogP contribution is 2.15. The Morgan fingerprint density at radius 3 is 1.30 bits per heavy atom. The molecule has 0 aliphatic carbocycles. The predicted octanol–water partition coefficient (Wildman–Crippen LogP) is 8.40. The minimum atomic E-state index is 1.09. The average Bonchev–Trinajstić information content (AvgIpc) is 2.70. The van der Waals surface area contributed by atoms with Gasteiger partial charge in [0.2, 0.25) is 0 Å². The van der Waals surface area contributed by atoms with Crippen molar-refractivity contribution in [2.24, 2.45) is 0 Å². The second kappa shape index (κ2) is 18.2. The lowest BCUT2D eigenvalue weighted by Crippen LogP contribution is -2.01. The number of rotatable bonds is 19. The van der Waals surface area contributed by atoms with E-state index in [1.807, 2.05) is 7.05 Å². The van der Waals surface area contributed by atoms with Crippen molar-refractivity contribution in [1.82, 2.24) is 0 Å². The van der Waals surface area contributed by atoms with Gasteiger partial charge in [0.05, 0.1) is 0 Å². The highest BCUT2D eigenvalue weighted by Gasteiger charge is 1.95. The number of anilines is 2. The van der Waals surface area contributed by atoms with Crippen molar-refractivity contribution in [3.63, 3.8) is 0 Å². The maximum atomic E-state index is 3.52. The van der Waals surface area contributed by atoms with E-state index < -0.39 is 0 Å². The lowest BCUT2D eigenvalue weighted by atomic mass is 10.0. The molecule has 1 aromatic carbocycles. The number of unbranched alkanes of at least 4 members (excludes halogenated alkanes) is 15. The van der Waals surface area contributed by atoms with E-state index in [0.29, 0.717) is 0 Å². The van der Waals surface area contributed by atoms with Gasteiger partial charge < -0.3 is 10.6 Å². The first-order chi connectivity index (χ1) is 13.4. The van der Waals surface area contributed by atoms with Crippen molar-refractivity contribution >= 4 is 11.4 Å². The van der Waals surface area contributed by atoms with Crippen LogP contribution in [0, 0.1) is 0 Å². The number of nitrogens with one attached hydrogen (secondary N) is 2. The summed E-state index contributed by atoms with van der Waals surface area (Å²) in [5.41, 5.74) is 2.40. The molecule has 0 saturated carbocycles. The summed E-state index contributed by atoms with van der Waals surface area (Å²) in [4.78, 5) is 0. The van der Waals surface area contributed by atoms with Gasteiger partial charge in [-0.25, -0.2) is 0 Å². The molecule has 0 fully saturated rings. The molecule has 0 saturated heterocycles. The van der Waals surface area contributed by atoms with Gasteiger partial charge in [0.1, 0.15) is 0 Å². The molecule has 0 heterocycles. The Hall–Kier alpha value is -1.18. The van der Waals surface area contributed by atoms with Crippen LogP contribution in [0.2, 0.25) is 0 Å². The van der Waals surface area contributed by atoms with Crippen molar-refractivity contribution in [3.8, 4) is 0 Å². The van der Waals surface area contributed by atoms with Crippen LogP contribution in [-0.4, -0.2) is 13.6 Å². The standard InChI is InChI=1S/C25H46N2/c1-3-4-5-6-7-8-9-10-11-12-13-14-15-16-17-18-23-27-25-21-19-24(26-2)20-22-25/h19-22,26-27H,3-18,23H2,1-2H3. The molecule has 0 aliphatic heterocycles. The average molecular weight is 375 g/mol. The molecule has 0 atom stereocenters. The first-order valence-electron chi connectivity index (χ1n) is 11.9. The van der Waals surface area contributed by atoms with Crippen molar-refractivity contribution in [1.29, 1.82) is 0 Å². The summed E-state index contributed by atoms with van der Waals surface area (Å²) in [6, 6.07) is 8.54. The van der Waals surface area contributed by atoms with Crippen LogP contribution < -0.4 is 10.6 Å². The van der Waals surface area contributed by atoms with Gasteiger partial charge in [-0.1, -0.05) is 103 Å². The van der Waals surface area contributed by atoms with Crippen LogP contribution in [-0.2, 0) is 0 Å². The molecule has 2 N–H and O–H groups in total. The molecule has 0 radical (unpaired) electrons. The summed E-state index contributed by atoms with van der Waals surface area (Å²) in [7, 11) is 1.96. The molecule has 1 aromatic rings. The second-order valence-corrected chi connectivity index (χ2v) is 8.06. The summed E-state index contributed by atoms with van der Waals surface area (Å²) in [5, 5.41) is 6.67. The van der Waals surface area contributed by atoms with Gasteiger partial charge in [-0.05, 0) is 30.7 Å². The fraction of sp³-hybridized carbons (Fsp3) is 0.760. The molecular formula is C25H46N2. The number of benzene rings is 1. The third-order valence-electron chi connectivity index (χ3n) is 5.53. The first-order valence-corrected chi connectivity index (χ1v) is 11.9. The highest BCUT2D eigenvalue weighted by molar-refractivity contribution is 5.53. The largest absolute Gasteiger partial charge is 0.388 e.